The van der Waals surface area contributed by atoms with Crippen LogP contribution in [0.3, 0.4) is 0 Å². The van der Waals surface area contributed by atoms with Crippen molar-refractivity contribution in [2.45, 2.75) is 128 Å². The number of ketones is 1. The molecular weight excluding hydrogens is 887 g/mol. The zero-order valence-electron chi connectivity index (χ0n) is 35.9. The molecule has 1 N–H and O–H groups in total. The summed E-state index contributed by atoms with van der Waals surface area (Å²) in [7, 11) is 0. The van der Waals surface area contributed by atoms with Crippen LogP contribution in [0.15, 0.2) is 77.0 Å². The van der Waals surface area contributed by atoms with Crippen LogP contribution in [0.25, 0.3) is 53.5 Å². The van der Waals surface area contributed by atoms with Gasteiger partial charge in [-0.15, -0.1) is 40.5 Å². The van der Waals surface area contributed by atoms with Gasteiger partial charge in [0.15, 0.2) is 5.78 Å². The number of aliphatic hydroxyl groups excluding tert-OH is 1. The van der Waals surface area contributed by atoms with Gasteiger partial charge >= 0.3 is 0 Å². The summed E-state index contributed by atoms with van der Waals surface area (Å²) in [6, 6.07) is 23.4. The number of allylic oxidation sites excluding steroid dienone is 2. The van der Waals surface area contributed by atoms with Crippen LogP contribution in [0.4, 0.5) is 0 Å². The number of pyridine rings is 1. The molecule has 301 valence electrons. The largest absolute Gasteiger partial charge is 0.512 e. The van der Waals surface area contributed by atoms with Crippen molar-refractivity contribution in [3.8, 4) is 21.7 Å². The maximum Gasteiger partial charge on any atom is 0.164 e. The number of hydrogen-bond donors (Lipinski definition) is 1. The first-order valence-electron chi connectivity index (χ1n) is 20.2. The predicted octanol–water partition coefficient (Wildman–Crippen LogP) is 15.1. The van der Waals surface area contributed by atoms with Gasteiger partial charge in [0.1, 0.15) is 17.1 Å². The molecule has 6 heteroatoms. The van der Waals surface area contributed by atoms with E-state index in [1.807, 2.05) is 59.1 Å². The Labute approximate surface area is 353 Å². The molecular formula is C50H62IrNO3S-. The quantitative estimate of drug-likeness (QED) is 0.0798. The van der Waals surface area contributed by atoms with Crippen molar-refractivity contribution in [3.63, 3.8) is 0 Å². The van der Waals surface area contributed by atoms with Crippen LogP contribution < -0.4 is 0 Å². The second kappa shape index (κ2) is 17.9. The Hall–Kier alpha value is -3.57. The fourth-order valence-corrected chi connectivity index (χ4v) is 8.80. The molecule has 1 radical (unpaired) electrons. The molecule has 3 heterocycles. The Bertz CT molecular complexity index is 2340. The molecule has 4 nitrogen and oxygen atoms in total. The number of aliphatic hydroxyl groups is 1. The molecule has 0 fully saturated rings. The molecule has 0 saturated carbocycles. The fourth-order valence-electron chi connectivity index (χ4n) is 7.39. The van der Waals surface area contributed by atoms with Crippen LogP contribution in [0.2, 0.25) is 0 Å². The number of furan rings is 1. The topological polar surface area (TPSA) is 63.3 Å². The van der Waals surface area contributed by atoms with Crippen molar-refractivity contribution in [1.82, 2.24) is 4.98 Å². The van der Waals surface area contributed by atoms with Gasteiger partial charge in [0, 0.05) is 69.4 Å². The van der Waals surface area contributed by atoms with Crippen molar-refractivity contribution in [3.05, 3.63) is 101 Å². The van der Waals surface area contributed by atoms with Gasteiger partial charge in [0.2, 0.25) is 0 Å². The van der Waals surface area contributed by atoms with Crippen LogP contribution in [0, 0.1) is 36.7 Å². The summed E-state index contributed by atoms with van der Waals surface area (Å²) in [5.74, 6) is 1.87. The first kappa shape index (κ1) is 45.1. The van der Waals surface area contributed by atoms with Crippen molar-refractivity contribution >= 4 is 48.9 Å². The number of carbonyl (C=O) groups is 1. The average Bonchev–Trinajstić information content (AvgIpc) is 3.67. The van der Waals surface area contributed by atoms with Crippen LogP contribution in [-0.2, 0) is 36.7 Å². The molecule has 0 amide bonds. The van der Waals surface area contributed by atoms with E-state index in [0.717, 1.165) is 60.1 Å². The Kier molecular flexibility index (Phi) is 14.4. The second-order valence-electron chi connectivity index (χ2n) is 17.4. The minimum Gasteiger partial charge on any atom is -0.512 e. The number of carbonyl (C=O) groups excluding carboxylic acids is 1. The van der Waals surface area contributed by atoms with E-state index in [2.05, 4.69) is 109 Å². The molecule has 0 aliphatic carbocycles. The molecule has 6 rings (SSSR count). The van der Waals surface area contributed by atoms with E-state index in [9.17, 15) is 9.90 Å². The van der Waals surface area contributed by atoms with Gasteiger partial charge < -0.3 is 9.52 Å². The number of thiophene rings is 1. The summed E-state index contributed by atoms with van der Waals surface area (Å²) in [5, 5.41) is 15.0. The van der Waals surface area contributed by atoms with Crippen molar-refractivity contribution in [2.75, 3.05) is 0 Å². The third kappa shape index (κ3) is 9.09. The third-order valence-corrected chi connectivity index (χ3v) is 13.4. The molecule has 3 aromatic heterocycles. The number of benzene rings is 3. The number of aryl methyl sites for hydroxylation is 2. The Morgan fingerprint density at radius 1 is 0.875 bits per heavy atom. The summed E-state index contributed by atoms with van der Waals surface area (Å²) in [6.45, 7) is 27.8. The molecule has 0 aliphatic heterocycles. The number of hydrogen-bond acceptors (Lipinski definition) is 5. The Balaban J connectivity index is 0.000000330. The summed E-state index contributed by atoms with van der Waals surface area (Å²) in [4.78, 5) is 18.4. The summed E-state index contributed by atoms with van der Waals surface area (Å²) in [5.41, 5.74) is 7.60. The van der Waals surface area contributed by atoms with Gasteiger partial charge in [-0.3, -0.25) is 9.78 Å². The van der Waals surface area contributed by atoms with E-state index in [0.29, 0.717) is 5.92 Å². The van der Waals surface area contributed by atoms with Gasteiger partial charge in [-0.1, -0.05) is 111 Å². The molecule has 56 heavy (non-hydrogen) atoms. The fraction of sp³-hybridized carbons (Fsp3) is 0.440. The zero-order chi connectivity index (χ0) is 40.5. The van der Waals surface area contributed by atoms with Gasteiger partial charge in [0.25, 0.3) is 0 Å². The Morgan fingerprint density at radius 2 is 1.52 bits per heavy atom. The molecule has 0 saturated heterocycles. The first-order valence-corrected chi connectivity index (χ1v) is 21.0. The van der Waals surface area contributed by atoms with E-state index in [1.54, 1.807) is 0 Å². The number of nitrogens with zero attached hydrogens (tertiary/aromatic N) is 1. The maximum absolute atomic E-state index is 12.2. The predicted molar refractivity (Wildman–Crippen MR) is 236 cm³/mol. The zero-order valence-corrected chi connectivity index (χ0v) is 39.1. The van der Waals surface area contributed by atoms with Crippen molar-refractivity contribution in [2.24, 2.45) is 16.7 Å². The van der Waals surface area contributed by atoms with Crippen molar-refractivity contribution in [1.29, 1.82) is 0 Å². The van der Waals surface area contributed by atoms with E-state index < -0.39 is 0 Å². The van der Waals surface area contributed by atoms with Crippen LogP contribution in [-0.4, -0.2) is 15.9 Å². The molecule has 0 aliphatic rings. The van der Waals surface area contributed by atoms with Crippen molar-refractivity contribution < 1.29 is 34.4 Å². The number of aromatic nitrogens is 1. The number of fused-ring (bicyclic) bond motifs is 3. The first-order chi connectivity index (χ1) is 25.9. The van der Waals surface area contributed by atoms with E-state index >= 15 is 0 Å². The summed E-state index contributed by atoms with van der Waals surface area (Å²) >= 11 is 1.83. The van der Waals surface area contributed by atoms with E-state index in [4.69, 9.17) is 9.40 Å². The van der Waals surface area contributed by atoms with E-state index in [1.165, 1.54) is 54.1 Å². The minimum absolute atomic E-state index is 0. The normalized spacial score (nSPS) is 12.6. The average molecular weight is 949 g/mol. The molecule has 6 aromatic rings. The van der Waals surface area contributed by atoms with Crippen LogP contribution >= 0.6 is 11.3 Å². The molecule has 0 unspecified atom stereocenters. The monoisotopic (exact) mass is 949 g/mol. The minimum atomic E-state index is -0.337. The SMILES string of the molecule is CCC(C)(CC)C(=O)/C=C(\O)C(C)(CC)CC.Cc1oc2ccc(CC(C)C)cc2c1-c1sc2c(-c3[c-]c4ccccc4c(C(C)(C)C)c3)nccc2c1C.[Ir]. The summed E-state index contributed by atoms with van der Waals surface area (Å²) < 4.78 is 7.47. The van der Waals surface area contributed by atoms with E-state index in [-0.39, 0.29) is 47.9 Å². The molecule has 0 atom stereocenters. The van der Waals surface area contributed by atoms with Crippen LogP contribution in [0.1, 0.15) is 124 Å². The second-order valence-corrected chi connectivity index (χ2v) is 18.4. The molecule has 0 bridgehead atoms. The standard InChI is InChI=1S/C35H34NOS.C15H28O2.Ir/c1-20(2)16-23-12-13-30-28(17-23)31(22(4)37-30)33-21(3)26-14-15-36-32(34(26)38-33)25-18-24-10-8-9-11-27(24)29(19-25)35(5,6)7;1-7-14(5,8-2)12(16)11-13(17)15(6,9-3)10-4;/h8-15,17,19-20H,16H2,1-7H3;11,16H,7-10H2,1-6H3;/q-1;;/b;12-11-;. The van der Waals surface area contributed by atoms with Gasteiger partial charge in [-0.05, 0) is 92.0 Å². The van der Waals surface area contributed by atoms with Gasteiger partial charge in [-0.2, -0.15) is 0 Å². The maximum atomic E-state index is 12.2. The van der Waals surface area contributed by atoms with Gasteiger partial charge in [0.05, 0.1) is 0 Å². The Morgan fingerprint density at radius 3 is 2.12 bits per heavy atom. The smallest absolute Gasteiger partial charge is 0.164 e. The van der Waals surface area contributed by atoms with Crippen LogP contribution in [0.5, 0.6) is 0 Å². The molecule has 0 spiro atoms. The number of rotatable bonds is 11. The summed E-state index contributed by atoms with van der Waals surface area (Å²) in [6.07, 6.45) is 7.76. The third-order valence-electron chi connectivity index (χ3n) is 12.1. The van der Waals surface area contributed by atoms with Gasteiger partial charge in [-0.25, -0.2) is 0 Å². The molecule has 3 aromatic carbocycles.